The van der Waals surface area contributed by atoms with Gasteiger partial charge in [-0.15, -0.1) is 0 Å². The van der Waals surface area contributed by atoms with Crippen LogP contribution < -0.4 is 10.6 Å². The van der Waals surface area contributed by atoms with E-state index >= 15 is 0 Å². The van der Waals surface area contributed by atoms with Crippen molar-refractivity contribution in [2.24, 2.45) is 0 Å². The lowest BCUT2D eigenvalue weighted by Crippen LogP contribution is -2.49. The summed E-state index contributed by atoms with van der Waals surface area (Å²) in [5.74, 6) is -0.539. The Morgan fingerprint density at radius 2 is 2.19 bits per heavy atom. The summed E-state index contributed by atoms with van der Waals surface area (Å²) in [4.78, 5) is 26.3. The molecule has 3 heterocycles. The number of aromatic nitrogens is 2. The van der Waals surface area contributed by atoms with Crippen LogP contribution in [0.5, 0.6) is 0 Å². The molecule has 3 N–H and O–H groups in total. The van der Waals surface area contributed by atoms with Crippen molar-refractivity contribution in [3.8, 4) is 0 Å². The fourth-order valence-electron chi connectivity index (χ4n) is 4.13. The zero-order valence-electron chi connectivity index (χ0n) is 17.2. The number of nitrogens with one attached hydrogen (secondary N) is 2. The molecule has 3 unspecified atom stereocenters. The quantitative estimate of drug-likeness (QED) is 0.326. The monoisotopic (exact) mass is 475 g/mol. The smallest absolute Gasteiger partial charge is 0.406 e. The highest BCUT2D eigenvalue weighted by atomic mass is 32.1. The molecule has 31 heavy (non-hydrogen) atoms. The van der Waals surface area contributed by atoms with Gasteiger partial charge in [-0.05, 0) is 51.7 Å². The molecule has 1 aliphatic carbocycles. The number of H-pyrrole nitrogens is 1. The van der Waals surface area contributed by atoms with Crippen LogP contribution in [0.4, 0.5) is 0 Å². The summed E-state index contributed by atoms with van der Waals surface area (Å²) in [6, 6.07) is 0.317. The maximum Gasteiger partial charge on any atom is 0.406 e. The van der Waals surface area contributed by atoms with Crippen LogP contribution in [-0.4, -0.2) is 57.2 Å². The molecule has 1 saturated carbocycles. The Balaban J connectivity index is 1.46. The second kappa shape index (κ2) is 8.51. The predicted molar refractivity (Wildman–Crippen MR) is 110 cm³/mol. The lowest BCUT2D eigenvalue weighted by Gasteiger charge is -2.36. The van der Waals surface area contributed by atoms with Crippen molar-refractivity contribution in [3.63, 3.8) is 0 Å². The van der Waals surface area contributed by atoms with Gasteiger partial charge >= 0.3 is 13.7 Å². The topological polar surface area (TPSA) is 141 Å². The van der Waals surface area contributed by atoms with Gasteiger partial charge in [-0.2, -0.15) is 0 Å². The van der Waals surface area contributed by atoms with Crippen molar-refractivity contribution in [2.45, 2.75) is 75.7 Å². The highest BCUT2D eigenvalue weighted by molar-refractivity contribution is 7.71. The maximum atomic E-state index is 13.2. The van der Waals surface area contributed by atoms with Crippen LogP contribution in [0.1, 0.15) is 45.8 Å². The van der Waals surface area contributed by atoms with E-state index in [1.807, 2.05) is 0 Å². The van der Waals surface area contributed by atoms with Crippen LogP contribution in [0, 0.1) is 4.77 Å². The largest absolute Gasteiger partial charge is 0.461 e. The van der Waals surface area contributed by atoms with Crippen LogP contribution in [0.2, 0.25) is 0 Å². The van der Waals surface area contributed by atoms with E-state index in [0.717, 1.165) is 25.7 Å². The van der Waals surface area contributed by atoms with Crippen molar-refractivity contribution in [1.82, 2.24) is 14.6 Å². The summed E-state index contributed by atoms with van der Waals surface area (Å²) in [5, 5.41) is 13.7. The van der Waals surface area contributed by atoms with Gasteiger partial charge in [0.2, 0.25) is 0 Å². The Kier molecular flexibility index (Phi) is 6.25. The molecule has 3 aliphatic rings. The normalized spacial score (nSPS) is 36.8. The number of carbonyl (C=O) groups excluding carboxylic acids is 1. The first-order valence-corrected chi connectivity index (χ1v) is 12.1. The SMILES string of the molecule is C[C@H](NP1(=O)OC[C@H]2O[C@@H](n3ccc(=O)[nH]c3=S)C(C)(O)C2O1)C(=O)OC1CCCC1. The van der Waals surface area contributed by atoms with Crippen molar-refractivity contribution in [3.05, 3.63) is 27.4 Å². The van der Waals surface area contributed by atoms with Crippen molar-refractivity contribution < 1.29 is 33.0 Å². The summed E-state index contributed by atoms with van der Waals surface area (Å²) in [6.45, 7) is 2.84. The second-order valence-corrected chi connectivity index (χ2v) is 10.4. The number of hydrogen-bond acceptors (Lipinski definition) is 9. The first-order chi connectivity index (χ1) is 14.6. The van der Waals surface area contributed by atoms with Gasteiger partial charge < -0.3 is 14.6 Å². The zero-order valence-corrected chi connectivity index (χ0v) is 18.9. The molecule has 172 valence electrons. The van der Waals surface area contributed by atoms with Crippen LogP contribution >= 0.6 is 20.0 Å². The highest BCUT2D eigenvalue weighted by Crippen LogP contribution is 2.55. The summed E-state index contributed by atoms with van der Waals surface area (Å²) >= 11 is 5.16. The summed E-state index contributed by atoms with van der Waals surface area (Å²) in [7, 11) is -3.94. The molecular formula is C18H26N3O8PS. The third kappa shape index (κ3) is 4.56. The molecule has 6 atom stereocenters. The number of aliphatic hydroxyl groups is 1. The van der Waals surface area contributed by atoms with Gasteiger partial charge in [-0.3, -0.25) is 28.2 Å². The van der Waals surface area contributed by atoms with Gasteiger partial charge in [0, 0.05) is 12.3 Å². The molecule has 0 amide bonds. The van der Waals surface area contributed by atoms with E-state index in [-0.39, 0.29) is 23.0 Å². The highest BCUT2D eigenvalue weighted by Gasteiger charge is 2.59. The lowest BCUT2D eigenvalue weighted by atomic mass is 9.96. The van der Waals surface area contributed by atoms with Gasteiger partial charge in [0.15, 0.2) is 11.0 Å². The van der Waals surface area contributed by atoms with E-state index in [4.69, 9.17) is 30.7 Å². The van der Waals surface area contributed by atoms with Gasteiger partial charge in [-0.25, -0.2) is 9.65 Å². The number of ether oxygens (including phenoxy) is 2. The Morgan fingerprint density at radius 3 is 2.87 bits per heavy atom. The maximum absolute atomic E-state index is 13.2. The second-order valence-electron chi connectivity index (χ2n) is 8.28. The molecule has 13 heteroatoms. The Hall–Kier alpha value is -1.40. The number of nitrogens with zero attached hydrogens (tertiary/aromatic N) is 1. The van der Waals surface area contributed by atoms with Gasteiger partial charge in [0.25, 0.3) is 5.56 Å². The minimum Gasteiger partial charge on any atom is -0.461 e. The lowest BCUT2D eigenvalue weighted by molar-refractivity contribution is -0.150. The van der Waals surface area contributed by atoms with Gasteiger partial charge in [0.1, 0.15) is 30.0 Å². The minimum atomic E-state index is -3.94. The van der Waals surface area contributed by atoms with Crippen molar-refractivity contribution in [2.75, 3.05) is 6.61 Å². The third-order valence-electron chi connectivity index (χ3n) is 5.77. The first-order valence-electron chi connectivity index (χ1n) is 10.2. The molecule has 2 aliphatic heterocycles. The average molecular weight is 475 g/mol. The first kappa shape index (κ1) is 22.8. The standard InChI is InChI=1S/C18H26N3O8PS/c1-10(15(23)27-11-5-3-4-6-11)20-30(25)26-9-12-14(29-30)18(2,24)16(28-12)21-8-7-13(22)19-17(21)31/h7-8,10-12,14,16,24H,3-6,9H2,1-2H3,(H,20,25)(H,19,22,31)/t10-,12+,14?,16+,18?,30?/m0/s1. The number of hydrogen-bond donors (Lipinski definition) is 3. The molecular weight excluding hydrogens is 449 g/mol. The van der Waals surface area contributed by atoms with Crippen LogP contribution in [0.3, 0.4) is 0 Å². The number of carbonyl (C=O) groups is 1. The molecule has 2 saturated heterocycles. The number of rotatable bonds is 5. The van der Waals surface area contributed by atoms with E-state index in [1.54, 1.807) is 0 Å². The van der Waals surface area contributed by atoms with Crippen LogP contribution in [0.15, 0.2) is 17.1 Å². The van der Waals surface area contributed by atoms with Gasteiger partial charge in [0.05, 0.1) is 6.61 Å². The van der Waals surface area contributed by atoms with E-state index in [9.17, 15) is 19.3 Å². The zero-order chi connectivity index (χ0) is 22.4. The Labute approximate surface area is 183 Å². The minimum absolute atomic E-state index is 0.0573. The molecule has 1 aromatic heterocycles. The summed E-state index contributed by atoms with van der Waals surface area (Å²) < 4.78 is 36.9. The molecule has 11 nitrogen and oxygen atoms in total. The molecule has 4 rings (SSSR count). The summed E-state index contributed by atoms with van der Waals surface area (Å²) in [5.41, 5.74) is -2.04. The Morgan fingerprint density at radius 1 is 1.48 bits per heavy atom. The van der Waals surface area contributed by atoms with Crippen molar-refractivity contribution >= 4 is 25.9 Å². The fraction of sp³-hybridized carbons (Fsp3) is 0.722. The molecule has 0 bridgehead atoms. The molecule has 0 spiro atoms. The molecule has 1 aromatic rings. The third-order valence-corrected chi connectivity index (χ3v) is 7.78. The van der Waals surface area contributed by atoms with Crippen molar-refractivity contribution in [1.29, 1.82) is 0 Å². The molecule has 0 aromatic carbocycles. The fourth-order valence-corrected chi connectivity index (χ4v) is 6.16. The van der Waals surface area contributed by atoms with E-state index in [0.29, 0.717) is 0 Å². The summed E-state index contributed by atoms with van der Waals surface area (Å²) in [6.07, 6.45) is 2.18. The Bertz CT molecular complexity index is 1000. The predicted octanol–water partition coefficient (Wildman–Crippen LogP) is 1.54. The van der Waals surface area contributed by atoms with E-state index in [2.05, 4.69) is 10.1 Å². The average Bonchev–Trinajstić information content (AvgIpc) is 3.28. The van der Waals surface area contributed by atoms with E-state index < -0.39 is 43.8 Å². The number of aromatic amines is 1. The van der Waals surface area contributed by atoms with Crippen LogP contribution in [-0.2, 0) is 27.9 Å². The van der Waals surface area contributed by atoms with Crippen LogP contribution in [0.25, 0.3) is 0 Å². The molecule has 3 fully saturated rings. The number of esters is 1. The van der Waals surface area contributed by atoms with Gasteiger partial charge in [-0.1, -0.05) is 0 Å². The van der Waals surface area contributed by atoms with E-state index in [1.165, 1.54) is 30.7 Å². The molecule has 0 radical (unpaired) electrons. The number of fused-ring (bicyclic) bond motifs is 1.